The number of aromatic nitrogens is 4. The van der Waals surface area contributed by atoms with Crippen LogP contribution in [0.3, 0.4) is 0 Å². The van der Waals surface area contributed by atoms with E-state index in [1.54, 1.807) is 54.1 Å². The van der Waals surface area contributed by atoms with Crippen molar-refractivity contribution in [2.75, 3.05) is 19.5 Å². The third kappa shape index (κ3) is 5.78. The van der Waals surface area contributed by atoms with Gasteiger partial charge in [-0.15, -0.1) is 0 Å². The molecule has 5 aromatic rings. The number of fused-ring (bicyclic) bond motifs is 3. The highest BCUT2D eigenvalue weighted by molar-refractivity contribution is 6.01. The van der Waals surface area contributed by atoms with Crippen molar-refractivity contribution in [3.63, 3.8) is 0 Å². The molecule has 0 aliphatic carbocycles. The van der Waals surface area contributed by atoms with Gasteiger partial charge < -0.3 is 19.7 Å². The molecule has 218 valence electrons. The summed E-state index contributed by atoms with van der Waals surface area (Å²) in [6.45, 7) is 4.17. The van der Waals surface area contributed by atoms with Crippen molar-refractivity contribution in [2.24, 2.45) is 0 Å². The largest absolute Gasteiger partial charge is 0.497 e. The van der Waals surface area contributed by atoms with E-state index in [-0.39, 0.29) is 18.5 Å². The quantitative estimate of drug-likeness (QED) is 0.230. The molecule has 0 saturated heterocycles. The third-order valence-corrected chi connectivity index (χ3v) is 6.88. The molecule has 3 aromatic heterocycles. The van der Waals surface area contributed by atoms with Crippen molar-refractivity contribution >= 4 is 28.4 Å². The van der Waals surface area contributed by atoms with Crippen molar-refractivity contribution in [1.29, 1.82) is 0 Å². The number of ether oxygens (including phenoxy) is 2. The molecule has 0 radical (unpaired) electrons. The van der Waals surface area contributed by atoms with E-state index in [4.69, 9.17) is 14.5 Å². The minimum atomic E-state index is -4.48. The molecule has 0 aliphatic heterocycles. The Hall–Kier alpha value is -4.87. The number of carbonyl (C=O) groups excluding carboxylic acids is 1. The maximum atomic E-state index is 13.6. The van der Waals surface area contributed by atoms with E-state index in [2.05, 4.69) is 15.3 Å². The number of benzene rings is 2. The van der Waals surface area contributed by atoms with Crippen LogP contribution in [-0.4, -0.2) is 50.4 Å². The summed E-state index contributed by atoms with van der Waals surface area (Å²) in [7, 11) is 3.19. The van der Waals surface area contributed by atoms with Crippen LogP contribution in [0.1, 0.15) is 41.0 Å². The molecule has 0 unspecified atom stereocenters. The highest BCUT2D eigenvalue weighted by Crippen LogP contribution is 2.29. The lowest BCUT2D eigenvalue weighted by atomic mass is 10.1. The first-order chi connectivity index (χ1) is 20.1. The van der Waals surface area contributed by atoms with Crippen molar-refractivity contribution in [3.05, 3.63) is 89.5 Å². The van der Waals surface area contributed by atoms with Gasteiger partial charge in [-0.1, -0.05) is 0 Å². The van der Waals surface area contributed by atoms with Crippen LogP contribution in [-0.2, 0) is 19.3 Å². The van der Waals surface area contributed by atoms with Gasteiger partial charge in [0.2, 0.25) is 5.95 Å². The van der Waals surface area contributed by atoms with Gasteiger partial charge in [-0.3, -0.25) is 14.2 Å². The van der Waals surface area contributed by atoms with Crippen LogP contribution in [0.25, 0.3) is 16.6 Å². The lowest BCUT2D eigenvalue weighted by Gasteiger charge is -2.27. The van der Waals surface area contributed by atoms with E-state index in [0.29, 0.717) is 51.8 Å². The molecule has 0 spiro atoms. The second-order valence-electron chi connectivity index (χ2n) is 9.88. The fraction of sp³-hybridized carbons (Fsp3) is 0.267. The second-order valence-corrected chi connectivity index (χ2v) is 9.88. The number of nitrogens with one attached hydrogen (secondary N) is 1. The van der Waals surface area contributed by atoms with E-state index in [9.17, 15) is 18.0 Å². The molecule has 1 N–H and O–H groups in total. The smallest absolute Gasteiger partial charge is 0.417 e. The molecule has 0 saturated carbocycles. The number of nitrogens with zero attached hydrogens (tertiary/aromatic N) is 5. The molecule has 0 bridgehead atoms. The maximum absolute atomic E-state index is 13.6. The van der Waals surface area contributed by atoms with Gasteiger partial charge in [0.05, 0.1) is 37.5 Å². The van der Waals surface area contributed by atoms with Gasteiger partial charge in [0.15, 0.2) is 0 Å². The number of hydrogen-bond donors (Lipinski definition) is 1. The van der Waals surface area contributed by atoms with Crippen molar-refractivity contribution in [1.82, 2.24) is 24.3 Å². The van der Waals surface area contributed by atoms with Gasteiger partial charge >= 0.3 is 6.18 Å². The predicted octanol–water partition coefficient (Wildman–Crippen LogP) is 5.98. The molecule has 12 heteroatoms. The highest BCUT2D eigenvalue weighted by Gasteiger charge is 2.31. The Bertz CT molecular complexity index is 1740. The molecule has 1 amide bonds. The first-order valence-electron chi connectivity index (χ1n) is 13.1. The van der Waals surface area contributed by atoms with Crippen molar-refractivity contribution in [2.45, 2.75) is 39.2 Å². The Morgan fingerprint density at radius 2 is 1.86 bits per heavy atom. The summed E-state index contributed by atoms with van der Waals surface area (Å²) in [5, 5.41) is 4.02. The summed E-state index contributed by atoms with van der Waals surface area (Å²) in [5.41, 5.74) is 2.07. The fourth-order valence-electron chi connectivity index (χ4n) is 4.60. The molecule has 9 nitrogen and oxygen atoms in total. The average molecular weight is 579 g/mol. The molecule has 2 aromatic carbocycles. The van der Waals surface area contributed by atoms with Crippen LogP contribution in [0.2, 0.25) is 0 Å². The summed E-state index contributed by atoms with van der Waals surface area (Å²) in [6, 6.07) is 12.8. The number of pyridine rings is 1. The number of rotatable bonds is 9. The van der Waals surface area contributed by atoms with Gasteiger partial charge in [-0.25, -0.2) is 9.97 Å². The van der Waals surface area contributed by atoms with Crippen LogP contribution in [0.5, 0.6) is 11.5 Å². The number of methoxy groups -OCH3 is 2. The number of halogens is 3. The standard InChI is InChI=1S/C30H29F3N6O3/c1-18(2)39(17-22-8-7-21(16-35-22)30(31,32)33)28(40)19-6-10-25-24(13-19)27-34-11-12-38(27)29(37-25)36-15-20-5-9-23(41-3)14-26(20)42-4/h5-14,16,18H,15,17H2,1-4H3,(H,36,37). The van der Waals surface area contributed by atoms with E-state index in [0.717, 1.165) is 17.8 Å². The first-order valence-corrected chi connectivity index (χ1v) is 13.1. The minimum absolute atomic E-state index is 0.0569. The van der Waals surface area contributed by atoms with Gasteiger partial charge in [-0.05, 0) is 56.3 Å². The molecule has 5 rings (SSSR count). The zero-order valence-electron chi connectivity index (χ0n) is 23.4. The molecule has 0 atom stereocenters. The number of amides is 1. The molecule has 3 heterocycles. The number of anilines is 1. The van der Waals surface area contributed by atoms with Crippen LogP contribution in [0.15, 0.2) is 67.1 Å². The zero-order chi connectivity index (χ0) is 30.0. The number of alkyl halides is 3. The van der Waals surface area contributed by atoms with Crippen LogP contribution in [0.4, 0.5) is 19.1 Å². The number of imidazole rings is 1. The molecule has 0 fully saturated rings. The Morgan fingerprint density at radius 3 is 2.52 bits per heavy atom. The molecule has 0 aliphatic rings. The maximum Gasteiger partial charge on any atom is 0.417 e. The van der Waals surface area contributed by atoms with Crippen molar-refractivity contribution in [3.8, 4) is 11.5 Å². The van der Waals surface area contributed by atoms with Gasteiger partial charge in [-0.2, -0.15) is 13.2 Å². The SMILES string of the molecule is COc1ccc(CNc2nc3ccc(C(=O)N(Cc4ccc(C(F)(F)F)cn4)C(C)C)cc3c3nccn23)c(OC)c1. The normalized spacial score (nSPS) is 11.7. The predicted molar refractivity (Wildman–Crippen MR) is 152 cm³/mol. The van der Waals surface area contributed by atoms with Crippen LogP contribution in [0, 0.1) is 0 Å². The number of hydrogen-bond acceptors (Lipinski definition) is 7. The van der Waals surface area contributed by atoms with Gasteiger partial charge in [0.25, 0.3) is 5.91 Å². The average Bonchev–Trinajstić information content (AvgIpc) is 3.48. The van der Waals surface area contributed by atoms with E-state index >= 15 is 0 Å². The Morgan fingerprint density at radius 1 is 1.05 bits per heavy atom. The monoisotopic (exact) mass is 578 g/mol. The summed E-state index contributed by atoms with van der Waals surface area (Å²) in [6.07, 6.45) is -0.263. The topological polar surface area (TPSA) is 93.9 Å². The zero-order valence-corrected chi connectivity index (χ0v) is 23.4. The molecule has 42 heavy (non-hydrogen) atoms. The summed E-state index contributed by atoms with van der Waals surface area (Å²) in [4.78, 5) is 28.4. The third-order valence-electron chi connectivity index (χ3n) is 6.88. The van der Waals surface area contributed by atoms with Crippen LogP contribution < -0.4 is 14.8 Å². The fourth-order valence-corrected chi connectivity index (χ4v) is 4.60. The van der Waals surface area contributed by atoms with E-state index in [1.165, 1.54) is 6.07 Å². The number of carbonyl (C=O) groups is 1. The molecular formula is C30H29F3N6O3. The summed E-state index contributed by atoms with van der Waals surface area (Å²) < 4.78 is 51.4. The minimum Gasteiger partial charge on any atom is -0.497 e. The van der Waals surface area contributed by atoms with Crippen LogP contribution >= 0.6 is 0 Å². The van der Waals surface area contributed by atoms with Gasteiger partial charge in [0, 0.05) is 53.8 Å². The molecular weight excluding hydrogens is 549 g/mol. The Kier molecular flexibility index (Phi) is 7.88. The summed E-state index contributed by atoms with van der Waals surface area (Å²) in [5.74, 6) is 1.64. The lowest BCUT2D eigenvalue weighted by molar-refractivity contribution is -0.137. The first kappa shape index (κ1) is 28.7. The Balaban J connectivity index is 1.42. The highest BCUT2D eigenvalue weighted by atomic mass is 19.4. The Labute approximate surface area is 239 Å². The van der Waals surface area contributed by atoms with Crippen molar-refractivity contribution < 1.29 is 27.4 Å². The second kappa shape index (κ2) is 11.6. The van der Waals surface area contributed by atoms with E-state index < -0.39 is 11.7 Å². The lowest BCUT2D eigenvalue weighted by Crippen LogP contribution is -2.36. The van der Waals surface area contributed by atoms with Gasteiger partial charge in [0.1, 0.15) is 17.1 Å². The van der Waals surface area contributed by atoms with E-state index in [1.807, 2.05) is 32.0 Å². The summed E-state index contributed by atoms with van der Waals surface area (Å²) >= 11 is 0.